The molecule has 0 bridgehead atoms. The lowest BCUT2D eigenvalue weighted by atomic mass is 10.00. The fourth-order valence-electron chi connectivity index (χ4n) is 1.37. The van der Waals surface area contributed by atoms with Crippen molar-refractivity contribution in [3.8, 4) is 5.75 Å². The number of hydrogen-bond donors (Lipinski definition) is 1. The van der Waals surface area contributed by atoms with Gasteiger partial charge in [-0.15, -0.1) is 0 Å². The number of benzene rings is 1. The number of rotatable bonds is 0. The molecule has 0 unspecified atom stereocenters. The summed E-state index contributed by atoms with van der Waals surface area (Å²) < 4.78 is 0. The number of phenolic OH excluding ortho intramolecular Hbond substituents is 1. The second-order valence-corrected chi connectivity index (χ2v) is 3.43. The molecule has 0 spiro atoms. The number of phenols is 1. The average Bonchev–Trinajstić information content (AvgIpc) is 2.21. The molecule has 1 aliphatic rings. The Hall–Kier alpha value is -1.31. The van der Waals surface area contributed by atoms with Gasteiger partial charge in [-0.1, -0.05) is 24.6 Å². The van der Waals surface area contributed by atoms with Crippen LogP contribution in [-0.4, -0.2) is 10.9 Å². The highest BCUT2D eigenvalue weighted by Crippen LogP contribution is 2.12. The molecule has 14 heavy (non-hydrogen) atoms. The summed E-state index contributed by atoms with van der Waals surface area (Å²) in [5.74, 6) is 0.786. The van der Waals surface area contributed by atoms with Gasteiger partial charge < -0.3 is 5.11 Å². The molecule has 0 radical (unpaired) electrons. The van der Waals surface area contributed by atoms with E-state index in [2.05, 4.69) is 0 Å². The van der Waals surface area contributed by atoms with Crippen molar-refractivity contribution < 1.29 is 9.90 Å². The first kappa shape index (κ1) is 10.8. The lowest BCUT2D eigenvalue weighted by molar-refractivity contribution is -0.120. The number of aromatic hydroxyl groups is 1. The van der Waals surface area contributed by atoms with E-state index in [-0.39, 0.29) is 0 Å². The summed E-state index contributed by atoms with van der Waals surface area (Å²) >= 11 is 0. The van der Waals surface area contributed by atoms with E-state index in [1.54, 1.807) is 24.3 Å². The number of Topliss-reactive ketones (excluding diaryl/α,β-unsaturated/α-hetero) is 1. The summed E-state index contributed by atoms with van der Waals surface area (Å²) in [6, 6.07) is 8.71. The highest BCUT2D eigenvalue weighted by molar-refractivity contribution is 5.78. The molecule has 1 N–H and O–H groups in total. The first-order chi connectivity index (χ1) is 6.79. The molecule has 0 amide bonds. The molecule has 0 heterocycles. The molecule has 1 aromatic rings. The first-order valence-electron chi connectivity index (χ1n) is 5.05. The third-order valence-corrected chi connectivity index (χ3v) is 2.17. The van der Waals surface area contributed by atoms with Crippen LogP contribution < -0.4 is 0 Å². The van der Waals surface area contributed by atoms with E-state index in [1.165, 1.54) is 6.42 Å². The Balaban J connectivity index is 0.000000140. The zero-order chi connectivity index (χ0) is 10.2. The normalized spacial score (nSPS) is 15.6. The van der Waals surface area contributed by atoms with E-state index in [1.807, 2.05) is 6.07 Å². The third-order valence-electron chi connectivity index (χ3n) is 2.17. The van der Waals surface area contributed by atoms with Crippen molar-refractivity contribution in [3.05, 3.63) is 30.3 Å². The minimum absolute atomic E-state index is 0.322. The van der Waals surface area contributed by atoms with Crippen molar-refractivity contribution in [2.45, 2.75) is 32.1 Å². The predicted molar refractivity (Wildman–Crippen MR) is 56.2 cm³/mol. The van der Waals surface area contributed by atoms with Gasteiger partial charge in [0.2, 0.25) is 0 Å². The molecule has 76 valence electrons. The van der Waals surface area contributed by atoms with Crippen molar-refractivity contribution >= 4 is 5.78 Å². The van der Waals surface area contributed by atoms with Gasteiger partial charge in [0.1, 0.15) is 11.5 Å². The molecule has 2 heteroatoms. The van der Waals surface area contributed by atoms with Crippen LogP contribution in [0.5, 0.6) is 5.75 Å². The van der Waals surface area contributed by atoms with Gasteiger partial charge >= 0.3 is 0 Å². The summed E-state index contributed by atoms with van der Waals surface area (Å²) in [4.78, 5) is 10.5. The molecule has 0 saturated heterocycles. The number of carbonyl (C=O) groups excluding carboxylic acids is 1. The van der Waals surface area contributed by atoms with Crippen LogP contribution in [0, 0.1) is 0 Å². The van der Waals surface area contributed by atoms with Crippen LogP contribution >= 0.6 is 0 Å². The molecule has 1 saturated carbocycles. The Bertz CT molecular complexity index is 259. The van der Waals surface area contributed by atoms with Crippen molar-refractivity contribution in [2.75, 3.05) is 0 Å². The average molecular weight is 192 g/mol. The number of carbonyl (C=O) groups is 1. The van der Waals surface area contributed by atoms with Crippen LogP contribution in [0.4, 0.5) is 0 Å². The highest BCUT2D eigenvalue weighted by Gasteiger charge is 2.05. The Kier molecular flexibility index (Phi) is 4.76. The first-order valence-corrected chi connectivity index (χ1v) is 5.05. The Labute approximate surface area is 84.6 Å². The Morgan fingerprint density at radius 1 is 0.929 bits per heavy atom. The molecule has 1 fully saturated rings. The van der Waals surface area contributed by atoms with E-state index in [0.29, 0.717) is 11.5 Å². The topological polar surface area (TPSA) is 37.3 Å². The van der Waals surface area contributed by atoms with Gasteiger partial charge in [0, 0.05) is 12.8 Å². The maximum absolute atomic E-state index is 10.5. The summed E-state index contributed by atoms with van der Waals surface area (Å²) in [5, 5.41) is 8.63. The van der Waals surface area contributed by atoms with Crippen LogP contribution in [0.25, 0.3) is 0 Å². The Morgan fingerprint density at radius 3 is 1.79 bits per heavy atom. The van der Waals surface area contributed by atoms with Gasteiger partial charge in [0.05, 0.1) is 0 Å². The molecule has 2 nitrogen and oxygen atoms in total. The van der Waals surface area contributed by atoms with Crippen molar-refractivity contribution in [1.29, 1.82) is 0 Å². The third kappa shape index (κ3) is 4.65. The number of hydrogen-bond acceptors (Lipinski definition) is 2. The van der Waals surface area contributed by atoms with E-state index < -0.39 is 0 Å². The molecule has 1 aliphatic carbocycles. The molecule has 2 rings (SSSR count). The maximum atomic E-state index is 10.5. The van der Waals surface area contributed by atoms with Gasteiger partial charge in [-0.3, -0.25) is 4.79 Å². The molecule has 1 aromatic carbocycles. The van der Waals surface area contributed by atoms with Crippen molar-refractivity contribution in [3.63, 3.8) is 0 Å². The molecule has 0 aliphatic heterocycles. The van der Waals surface area contributed by atoms with E-state index in [9.17, 15) is 4.79 Å². The minimum atomic E-state index is 0.322. The summed E-state index contributed by atoms with van der Waals surface area (Å²) in [5.41, 5.74) is 0. The minimum Gasteiger partial charge on any atom is -0.508 e. The zero-order valence-corrected chi connectivity index (χ0v) is 8.28. The molecular weight excluding hydrogens is 176 g/mol. The van der Waals surface area contributed by atoms with Gasteiger partial charge in [0.15, 0.2) is 0 Å². The number of ketones is 1. The van der Waals surface area contributed by atoms with Crippen LogP contribution in [-0.2, 0) is 4.79 Å². The fourth-order valence-corrected chi connectivity index (χ4v) is 1.37. The quantitative estimate of drug-likeness (QED) is 0.686. The lowest BCUT2D eigenvalue weighted by Crippen LogP contribution is -2.02. The zero-order valence-electron chi connectivity index (χ0n) is 8.28. The SMILES string of the molecule is O=C1CCCCC1.Oc1ccccc1. The fraction of sp³-hybridized carbons (Fsp3) is 0.417. The van der Waals surface area contributed by atoms with Gasteiger partial charge in [-0.25, -0.2) is 0 Å². The summed E-state index contributed by atoms with van der Waals surface area (Å²) in [6.07, 6.45) is 5.24. The highest BCUT2D eigenvalue weighted by atomic mass is 16.3. The van der Waals surface area contributed by atoms with Gasteiger partial charge in [-0.05, 0) is 25.0 Å². The lowest BCUT2D eigenvalue weighted by Gasteiger charge is -2.05. The van der Waals surface area contributed by atoms with E-state index in [0.717, 1.165) is 25.7 Å². The van der Waals surface area contributed by atoms with Crippen LogP contribution in [0.3, 0.4) is 0 Å². The van der Waals surface area contributed by atoms with Crippen molar-refractivity contribution in [1.82, 2.24) is 0 Å². The van der Waals surface area contributed by atoms with Crippen LogP contribution in [0.1, 0.15) is 32.1 Å². The van der Waals surface area contributed by atoms with Crippen molar-refractivity contribution in [2.24, 2.45) is 0 Å². The molecular formula is C12H16O2. The van der Waals surface area contributed by atoms with E-state index in [4.69, 9.17) is 5.11 Å². The molecule has 0 aromatic heterocycles. The van der Waals surface area contributed by atoms with Crippen LogP contribution in [0.15, 0.2) is 30.3 Å². The van der Waals surface area contributed by atoms with Crippen LogP contribution in [0.2, 0.25) is 0 Å². The maximum Gasteiger partial charge on any atom is 0.132 e. The largest absolute Gasteiger partial charge is 0.508 e. The Morgan fingerprint density at radius 2 is 1.50 bits per heavy atom. The van der Waals surface area contributed by atoms with Gasteiger partial charge in [0.25, 0.3) is 0 Å². The molecule has 0 atom stereocenters. The monoisotopic (exact) mass is 192 g/mol. The smallest absolute Gasteiger partial charge is 0.132 e. The van der Waals surface area contributed by atoms with Gasteiger partial charge in [-0.2, -0.15) is 0 Å². The van der Waals surface area contributed by atoms with E-state index >= 15 is 0 Å². The predicted octanol–water partition coefficient (Wildman–Crippen LogP) is 2.91. The number of para-hydroxylation sites is 1. The second kappa shape index (κ2) is 6.19. The standard InChI is InChI=1S/C6H10O.C6H6O/c2*7-6-4-2-1-3-5-6/h1-5H2;1-5,7H. The summed E-state index contributed by atoms with van der Waals surface area (Å²) in [7, 11) is 0. The summed E-state index contributed by atoms with van der Waals surface area (Å²) in [6.45, 7) is 0. The second-order valence-electron chi connectivity index (χ2n) is 3.43.